The Bertz CT molecular complexity index is 281. The average Bonchev–Trinajstić information content (AvgIpc) is 2.12. The molecule has 78 valence electrons. The van der Waals surface area contributed by atoms with E-state index in [4.69, 9.17) is 10.5 Å². The molecule has 0 amide bonds. The predicted molar refractivity (Wildman–Crippen MR) is 55.4 cm³/mol. The second kappa shape index (κ2) is 4.96. The van der Waals surface area contributed by atoms with Crippen LogP contribution in [0.1, 0.15) is 25.8 Å². The molecule has 14 heavy (non-hydrogen) atoms. The highest BCUT2D eigenvalue weighted by Gasteiger charge is 2.02. The maximum Gasteiger partial charge on any atom is 0.125 e. The minimum absolute atomic E-state index is 0.194. The monoisotopic (exact) mass is 197 g/mol. The Balaban J connectivity index is 2.58. The van der Waals surface area contributed by atoms with E-state index in [0.717, 1.165) is 12.0 Å². The van der Waals surface area contributed by atoms with Crippen molar-refractivity contribution in [3.05, 3.63) is 29.6 Å². The highest BCUT2D eigenvalue weighted by atomic mass is 19.1. The van der Waals surface area contributed by atoms with Crippen molar-refractivity contribution in [2.45, 2.75) is 33.0 Å². The van der Waals surface area contributed by atoms with Crippen molar-refractivity contribution in [2.75, 3.05) is 5.73 Å². The Morgan fingerprint density at radius 3 is 2.71 bits per heavy atom. The summed E-state index contributed by atoms with van der Waals surface area (Å²) in [5, 5.41) is 0. The number of rotatable bonds is 4. The van der Waals surface area contributed by atoms with Crippen molar-refractivity contribution in [2.24, 2.45) is 0 Å². The fourth-order valence-corrected chi connectivity index (χ4v) is 1.12. The SMILES string of the molecule is CCC(C)OCc1cc(N)cc(F)c1. The Kier molecular flexibility index (Phi) is 3.89. The van der Waals surface area contributed by atoms with Gasteiger partial charge in [-0.3, -0.25) is 0 Å². The van der Waals surface area contributed by atoms with Gasteiger partial charge in [0.05, 0.1) is 12.7 Å². The summed E-state index contributed by atoms with van der Waals surface area (Å²) in [7, 11) is 0. The third-order valence-electron chi connectivity index (χ3n) is 2.09. The molecule has 0 saturated heterocycles. The second-order valence-electron chi connectivity index (χ2n) is 3.42. The van der Waals surface area contributed by atoms with Crippen LogP contribution in [0, 0.1) is 5.82 Å². The zero-order chi connectivity index (χ0) is 10.6. The molecule has 0 aromatic heterocycles. The summed E-state index contributed by atoms with van der Waals surface area (Å²) in [4.78, 5) is 0. The Morgan fingerprint density at radius 2 is 2.14 bits per heavy atom. The average molecular weight is 197 g/mol. The first-order valence-corrected chi connectivity index (χ1v) is 4.78. The fraction of sp³-hybridized carbons (Fsp3) is 0.455. The van der Waals surface area contributed by atoms with Crippen molar-refractivity contribution in [1.29, 1.82) is 0 Å². The Morgan fingerprint density at radius 1 is 1.43 bits per heavy atom. The first-order chi connectivity index (χ1) is 6.61. The molecule has 0 aliphatic carbocycles. The minimum Gasteiger partial charge on any atom is -0.399 e. The fourth-order valence-electron chi connectivity index (χ4n) is 1.12. The summed E-state index contributed by atoms with van der Waals surface area (Å²) in [5.41, 5.74) is 6.72. The summed E-state index contributed by atoms with van der Waals surface area (Å²) in [5.74, 6) is -0.312. The number of nitrogen functional groups attached to an aromatic ring is 1. The van der Waals surface area contributed by atoms with Crippen molar-refractivity contribution in [3.8, 4) is 0 Å². The van der Waals surface area contributed by atoms with Crippen LogP contribution in [0.15, 0.2) is 18.2 Å². The van der Waals surface area contributed by atoms with Gasteiger partial charge in [-0.2, -0.15) is 0 Å². The summed E-state index contributed by atoms with van der Waals surface area (Å²) in [6, 6.07) is 4.47. The summed E-state index contributed by atoms with van der Waals surface area (Å²) < 4.78 is 18.4. The number of hydrogen-bond donors (Lipinski definition) is 1. The Labute approximate surface area is 83.9 Å². The zero-order valence-corrected chi connectivity index (χ0v) is 8.59. The van der Waals surface area contributed by atoms with Gasteiger partial charge in [-0.05, 0) is 37.1 Å². The van der Waals surface area contributed by atoms with Gasteiger partial charge in [0.1, 0.15) is 5.82 Å². The molecule has 0 aliphatic rings. The van der Waals surface area contributed by atoms with Crippen LogP contribution < -0.4 is 5.73 Å². The molecular weight excluding hydrogens is 181 g/mol. The smallest absolute Gasteiger partial charge is 0.125 e. The molecule has 2 N–H and O–H groups in total. The molecule has 0 aliphatic heterocycles. The zero-order valence-electron chi connectivity index (χ0n) is 8.59. The maximum atomic E-state index is 12.9. The molecule has 1 aromatic rings. The van der Waals surface area contributed by atoms with Gasteiger partial charge in [-0.25, -0.2) is 4.39 Å². The van der Waals surface area contributed by atoms with Gasteiger partial charge < -0.3 is 10.5 Å². The van der Waals surface area contributed by atoms with E-state index in [2.05, 4.69) is 0 Å². The molecule has 1 unspecified atom stereocenters. The van der Waals surface area contributed by atoms with Gasteiger partial charge in [-0.15, -0.1) is 0 Å². The topological polar surface area (TPSA) is 35.2 Å². The largest absolute Gasteiger partial charge is 0.399 e. The molecule has 0 fully saturated rings. The first kappa shape index (κ1) is 11.0. The van der Waals surface area contributed by atoms with E-state index < -0.39 is 0 Å². The van der Waals surface area contributed by atoms with Crippen LogP contribution in [0.4, 0.5) is 10.1 Å². The van der Waals surface area contributed by atoms with Crippen molar-refractivity contribution < 1.29 is 9.13 Å². The van der Waals surface area contributed by atoms with E-state index >= 15 is 0 Å². The van der Waals surface area contributed by atoms with Crippen LogP contribution in [0.5, 0.6) is 0 Å². The van der Waals surface area contributed by atoms with E-state index in [1.54, 1.807) is 6.07 Å². The summed E-state index contributed by atoms with van der Waals surface area (Å²) >= 11 is 0. The minimum atomic E-state index is -0.312. The van der Waals surface area contributed by atoms with Crippen LogP contribution in [0.3, 0.4) is 0 Å². The lowest BCUT2D eigenvalue weighted by atomic mass is 10.2. The lowest BCUT2D eigenvalue weighted by molar-refractivity contribution is 0.0507. The van der Waals surface area contributed by atoms with Gasteiger partial charge >= 0.3 is 0 Å². The molecule has 1 atom stereocenters. The van der Waals surface area contributed by atoms with E-state index in [1.807, 2.05) is 13.8 Å². The van der Waals surface area contributed by atoms with Gasteiger partial charge in [-0.1, -0.05) is 6.92 Å². The van der Waals surface area contributed by atoms with Crippen LogP contribution in [-0.2, 0) is 11.3 Å². The van der Waals surface area contributed by atoms with Gasteiger partial charge in [0.25, 0.3) is 0 Å². The van der Waals surface area contributed by atoms with Gasteiger partial charge in [0.2, 0.25) is 0 Å². The standard InChI is InChI=1S/C11H16FNO/c1-3-8(2)14-7-9-4-10(12)6-11(13)5-9/h4-6,8H,3,7,13H2,1-2H3. The van der Waals surface area contributed by atoms with Crippen molar-refractivity contribution in [1.82, 2.24) is 0 Å². The molecule has 0 heterocycles. The highest BCUT2D eigenvalue weighted by Crippen LogP contribution is 2.12. The molecule has 3 heteroatoms. The van der Waals surface area contributed by atoms with Crippen LogP contribution >= 0.6 is 0 Å². The predicted octanol–water partition coefficient (Wildman–Crippen LogP) is 2.72. The first-order valence-electron chi connectivity index (χ1n) is 4.78. The molecule has 0 radical (unpaired) electrons. The van der Waals surface area contributed by atoms with Crippen molar-refractivity contribution >= 4 is 5.69 Å². The van der Waals surface area contributed by atoms with E-state index in [0.29, 0.717) is 12.3 Å². The third-order valence-corrected chi connectivity index (χ3v) is 2.09. The molecule has 2 nitrogen and oxygen atoms in total. The summed E-state index contributed by atoms with van der Waals surface area (Å²) in [6.45, 7) is 4.45. The van der Waals surface area contributed by atoms with Gasteiger partial charge in [0.15, 0.2) is 0 Å². The van der Waals surface area contributed by atoms with Crippen LogP contribution in [0.2, 0.25) is 0 Å². The second-order valence-corrected chi connectivity index (χ2v) is 3.42. The van der Waals surface area contributed by atoms with E-state index in [-0.39, 0.29) is 11.9 Å². The van der Waals surface area contributed by atoms with Crippen LogP contribution in [0.25, 0.3) is 0 Å². The summed E-state index contributed by atoms with van der Waals surface area (Å²) in [6.07, 6.45) is 1.14. The quantitative estimate of drug-likeness (QED) is 0.753. The normalized spacial score (nSPS) is 12.8. The van der Waals surface area contributed by atoms with Gasteiger partial charge in [0, 0.05) is 5.69 Å². The number of benzene rings is 1. The maximum absolute atomic E-state index is 12.9. The molecule has 0 bridgehead atoms. The molecule has 0 spiro atoms. The highest BCUT2D eigenvalue weighted by molar-refractivity contribution is 5.41. The molecule has 1 rings (SSSR count). The molecule has 1 aromatic carbocycles. The Hall–Kier alpha value is -1.09. The number of ether oxygens (including phenoxy) is 1. The number of halogens is 1. The number of hydrogen-bond acceptors (Lipinski definition) is 2. The number of anilines is 1. The number of nitrogens with two attached hydrogens (primary N) is 1. The van der Waals surface area contributed by atoms with E-state index in [1.165, 1.54) is 12.1 Å². The van der Waals surface area contributed by atoms with E-state index in [9.17, 15) is 4.39 Å². The van der Waals surface area contributed by atoms with Crippen molar-refractivity contribution in [3.63, 3.8) is 0 Å². The lowest BCUT2D eigenvalue weighted by Gasteiger charge is -2.10. The lowest BCUT2D eigenvalue weighted by Crippen LogP contribution is -2.06. The third kappa shape index (κ3) is 3.34. The molecule has 0 saturated carbocycles. The molecular formula is C11H16FNO. The van der Waals surface area contributed by atoms with Crippen LogP contribution in [-0.4, -0.2) is 6.10 Å².